The molecule has 0 atom stereocenters. The maximum Gasteiger partial charge on any atom is 0.231 e. The van der Waals surface area contributed by atoms with Gasteiger partial charge in [-0.3, -0.25) is 0 Å². The molecule has 3 nitrogen and oxygen atoms in total. The van der Waals surface area contributed by atoms with Gasteiger partial charge in [0.2, 0.25) is 6.79 Å². The summed E-state index contributed by atoms with van der Waals surface area (Å²) < 4.78 is 10.8. The van der Waals surface area contributed by atoms with Gasteiger partial charge in [-0.25, -0.2) is 0 Å². The van der Waals surface area contributed by atoms with E-state index in [1.807, 2.05) is 6.07 Å². The number of ether oxygens (including phenoxy) is 2. The monoisotopic (exact) mass is 251 g/mol. The van der Waals surface area contributed by atoms with E-state index in [2.05, 4.69) is 6.07 Å². The van der Waals surface area contributed by atoms with Crippen molar-refractivity contribution in [2.24, 2.45) is 5.73 Å². The lowest BCUT2D eigenvalue weighted by molar-refractivity contribution is 0.174. The van der Waals surface area contributed by atoms with Crippen LogP contribution in [-0.4, -0.2) is 12.3 Å². The van der Waals surface area contributed by atoms with Crippen molar-refractivity contribution in [2.45, 2.75) is 36.6 Å². The van der Waals surface area contributed by atoms with Crippen molar-refractivity contribution in [1.29, 1.82) is 0 Å². The Morgan fingerprint density at radius 2 is 1.88 bits per heavy atom. The van der Waals surface area contributed by atoms with E-state index in [-0.39, 0.29) is 17.7 Å². The number of nitrogens with two attached hydrogens (primary N) is 1. The number of benzene rings is 1. The van der Waals surface area contributed by atoms with E-state index in [1.54, 1.807) is 0 Å². The molecule has 4 heteroatoms. The van der Waals surface area contributed by atoms with Crippen molar-refractivity contribution in [1.82, 2.24) is 0 Å². The molecule has 2 fully saturated rings. The summed E-state index contributed by atoms with van der Waals surface area (Å²) in [5.41, 5.74) is 7.78. The molecule has 0 bridgehead atoms. The highest BCUT2D eigenvalue weighted by Gasteiger charge is 2.64. The molecule has 1 heterocycles. The second-order valence-corrected chi connectivity index (χ2v) is 5.84. The third kappa shape index (κ3) is 1.21. The lowest BCUT2D eigenvalue weighted by Gasteiger charge is -2.23. The number of rotatable bonds is 2. The van der Waals surface area contributed by atoms with E-state index in [1.165, 1.54) is 18.4 Å². The fourth-order valence-corrected chi connectivity index (χ4v) is 3.32. The van der Waals surface area contributed by atoms with E-state index in [4.69, 9.17) is 26.8 Å². The van der Waals surface area contributed by atoms with Crippen LogP contribution in [0.1, 0.15) is 31.2 Å². The molecule has 2 N–H and O–H groups in total. The molecule has 0 saturated heterocycles. The second kappa shape index (κ2) is 2.90. The Morgan fingerprint density at radius 1 is 1.12 bits per heavy atom. The average molecular weight is 252 g/mol. The first-order chi connectivity index (χ1) is 8.15. The van der Waals surface area contributed by atoms with Gasteiger partial charge >= 0.3 is 0 Å². The van der Waals surface area contributed by atoms with Crippen LogP contribution in [0.4, 0.5) is 0 Å². The lowest BCUT2D eigenvalue weighted by atomic mass is 9.86. The molecular weight excluding hydrogens is 238 g/mol. The van der Waals surface area contributed by atoms with Crippen LogP contribution in [-0.2, 0) is 5.41 Å². The molecule has 90 valence electrons. The maximum absolute atomic E-state index is 6.40. The van der Waals surface area contributed by atoms with Gasteiger partial charge in [0.1, 0.15) is 0 Å². The van der Waals surface area contributed by atoms with Crippen LogP contribution in [0, 0.1) is 0 Å². The first-order valence-electron chi connectivity index (χ1n) is 6.03. The SMILES string of the molecule is NC1(C2(c3cc(Cl)c4c(c3)OCO4)CC2)CC1. The summed E-state index contributed by atoms with van der Waals surface area (Å²) in [6.07, 6.45) is 4.58. The quantitative estimate of drug-likeness (QED) is 0.879. The zero-order chi connectivity index (χ0) is 11.7. The van der Waals surface area contributed by atoms with E-state index in [0.717, 1.165) is 18.6 Å². The fourth-order valence-electron chi connectivity index (χ4n) is 3.06. The second-order valence-electron chi connectivity index (χ2n) is 5.43. The van der Waals surface area contributed by atoms with Gasteiger partial charge in [0.15, 0.2) is 11.5 Å². The van der Waals surface area contributed by atoms with Crippen molar-refractivity contribution < 1.29 is 9.47 Å². The highest BCUT2D eigenvalue weighted by molar-refractivity contribution is 6.32. The third-order valence-electron chi connectivity index (χ3n) is 4.47. The number of halogens is 1. The molecule has 1 aromatic rings. The molecule has 2 aliphatic carbocycles. The van der Waals surface area contributed by atoms with Gasteiger partial charge < -0.3 is 15.2 Å². The summed E-state index contributed by atoms with van der Waals surface area (Å²) in [6.45, 7) is 0.263. The number of hydrogen-bond acceptors (Lipinski definition) is 3. The topological polar surface area (TPSA) is 44.5 Å². The van der Waals surface area contributed by atoms with Gasteiger partial charge in [0.05, 0.1) is 5.02 Å². The Labute approximate surface area is 105 Å². The largest absolute Gasteiger partial charge is 0.454 e. The van der Waals surface area contributed by atoms with Gasteiger partial charge in [-0.05, 0) is 43.4 Å². The van der Waals surface area contributed by atoms with Gasteiger partial charge in [-0.1, -0.05) is 11.6 Å². The van der Waals surface area contributed by atoms with Crippen LogP contribution in [0.3, 0.4) is 0 Å². The van der Waals surface area contributed by atoms with Crippen LogP contribution in [0.2, 0.25) is 5.02 Å². The summed E-state index contributed by atoms with van der Waals surface area (Å²) in [5, 5.41) is 0.644. The summed E-state index contributed by atoms with van der Waals surface area (Å²) in [5.74, 6) is 1.44. The summed E-state index contributed by atoms with van der Waals surface area (Å²) in [6, 6.07) is 4.07. The van der Waals surface area contributed by atoms with Crippen molar-refractivity contribution in [3.05, 3.63) is 22.7 Å². The Balaban J connectivity index is 1.83. The highest BCUT2D eigenvalue weighted by Crippen LogP contribution is 2.64. The standard InChI is InChI=1S/C13H14ClNO2/c14-9-5-8(6-10-11(9)17-7-16-10)12(1-2-12)13(15)3-4-13/h5-6H,1-4,7,15H2. The minimum absolute atomic E-state index is 0.00400. The number of hydrogen-bond donors (Lipinski definition) is 1. The minimum atomic E-state index is 0.00400. The predicted octanol–water partition coefficient (Wildman–Crippen LogP) is 2.59. The van der Waals surface area contributed by atoms with E-state index >= 15 is 0 Å². The zero-order valence-corrected chi connectivity index (χ0v) is 10.2. The molecule has 0 amide bonds. The van der Waals surface area contributed by atoms with Gasteiger partial charge in [-0.2, -0.15) is 0 Å². The normalized spacial score (nSPS) is 25.8. The van der Waals surface area contributed by atoms with Crippen molar-refractivity contribution in [3.63, 3.8) is 0 Å². The molecule has 1 aliphatic heterocycles. The Hall–Kier alpha value is -0.930. The lowest BCUT2D eigenvalue weighted by Crippen LogP contribution is -2.37. The predicted molar refractivity (Wildman–Crippen MR) is 64.6 cm³/mol. The third-order valence-corrected chi connectivity index (χ3v) is 4.75. The summed E-state index contributed by atoms with van der Waals surface area (Å²) in [7, 11) is 0. The molecular formula is C13H14ClNO2. The Morgan fingerprint density at radius 3 is 2.53 bits per heavy atom. The average Bonchev–Trinajstić information content (AvgIpc) is 3.19. The van der Waals surface area contributed by atoms with Crippen LogP contribution in [0.5, 0.6) is 11.5 Å². The highest BCUT2D eigenvalue weighted by atomic mass is 35.5. The molecule has 2 saturated carbocycles. The maximum atomic E-state index is 6.40. The fraction of sp³-hybridized carbons (Fsp3) is 0.538. The van der Waals surface area contributed by atoms with Crippen molar-refractivity contribution in [2.75, 3.05) is 6.79 Å². The van der Waals surface area contributed by atoms with Crippen molar-refractivity contribution in [3.8, 4) is 11.5 Å². The summed E-state index contributed by atoms with van der Waals surface area (Å²) in [4.78, 5) is 0. The smallest absolute Gasteiger partial charge is 0.231 e. The van der Waals surface area contributed by atoms with E-state index in [9.17, 15) is 0 Å². The minimum Gasteiger partial charge on any atom is -0.454 e. The van der Waals surface area contributed by atoms with Crippen LogP contribution < -0.4 is 15.2 Å². The van der Waals surface area contributed by atoms with Crippen LogP contribution >= 0.6 is 11.6 Å². The van der Waals surface area contributed by atoms with Crippen molar-refractivity contribution >= 4 is 11.6 Å². The molecule has 0 spiro atoms. The molecule has 0 aromatic heterocycles. The molecule has 1 aromatic carbocycles. The van der Waals surface area contributed by atoms with Crippen LogP contribution in [0.15, 0.2) is 12.1 Å². The Bertz CT molecular complexity index is 506. The van der Waals surface area contributed by atoms with E-state index < -0.39 is 0 Å². The molecule has 0 unspecified atom stereocenters. The van der Waals surface area contributed by atoms with Gasteiger partial charge in [0.25, 0.3) is 0 Å². The molecule has 0 radical (unpaired) electrons. The van der Waals surface area contributed by atoms with E-state index in [0.29, 0.717) is 10.8 Å². The first-order valence-corrected chi connectivity index (χ1v) is 6.41. The number of fused-ring (bicyclic) bond motifs is 1. The molecule has 17 heavy (non-hydrogen) atoms. The summed E-state index contributed by atoms with van der Waals surface area (Å²) >= 11 is 6.23. The molecule has 3 aliphatic rings. The van der Waals surface area contributed by atoms with Crippen LogP contribution in [0.25, 0.3) is 0 Å². The molecule has 4 rings (SSSR count). The Kier molecular flexibility index (Phi) is 1.71. The van der Waals surface area contributed by atoms with Gasteiger partial charge in [0, 0.05) is 11.0 Å². The first kappa shape index (κ1) is 10.0. The zero-order valence-electron chi connectivity index (χ0n) is 9.46. The van der Waals surface area contributed by atoms with Gasteiger partial charge in [-0.15, -0.1) is 0 Å².